The van der Waals surface area contributed by atoms with Crippen LogP contribution in [0.2, 0.25) is 0 Å². The minimum absolute atomic E-state index is 0.0257. The van der Waals surface area contributed by atoms with Crippen LogP contribution in [0, 0.1) is 17.8 Å². The van der Waals surface area contributed by atoms with Crippen molar-refractivity contribution in [3.8, 4) is 5.75 Å². The standard InChI is InChI=1S/C23H25N3O/c24-22(26-23-10-13-6-14(11-23)8-15(7-13)12-23)25-21-18-3-1-2-16-4-5-17(20(16)18)9-19(21)27/h1-5,9,13-15,27H,6-8,10-12H2,(H3,24,25,26). The molecule has 0 heterocycles. The number of benzene rings is 2. The Morgan fingerprint density at radius 3 is 2.41 bits per heavy atom. The summed E-state index contributed by atoms with van der Waals surface area (Å²) < 4.78 is 0. The second-order valence-corrected chi connectivity index (χ2v) is 9.23. The van der Waals surface area contributed by atoms with Crippen molar-refractivity contribution < 1.29 is 5.11 Å². The van der Waals surface area contributed by atoms with Gasteiger partial charge in [-0.15, -0.1) is 0 Å². The van der Waals surface area contributed by atoms with Crippen LogP contribution in [-0.4, -0.2) is 16.6 Å². The summed E-state index contributed by atoms with van der Waals surface area (Å²) in [6, 6.07) is 7.97. The fourth-order valence-corrected chi connectivity index (χ4v) is 6.72. The second kappa shape index (κ2) is 5.28. The van der Waals surface area contributed by atoms with Crippen LogP contribution in [-0.2, 0) is 0 Å². The largest absolute Gasteiger partial charge is 0.506 e. The highest BCUT2D eigenvalue weighted by atomic mass is 16.3. The van der Waals surface area contributed by atoms with E-state index in [2.05, 4.69) is 17.5 Å². The van der Waals surface area contributed by atoms with Gasteiger partial charge in [0.2, 0.25) is 0 Å². The number of nitrogens with two attached hydrogens (primary N) is 1. The Hall–Kier alpha value is -2.49. The predicted octanol–water partition coefficient (Wildman–Crippen LogP) is 4.72. The van der Waals surface area contributed by atoms with E-state index < -0.39 is 0 Å². The summed E-state index contributed by atoms with van der Waals surface area (Å²) in [6.07, 6.45) is 11.9. The van der Waals surface area contributed by atoms with Gasteiger partial charge in [-0.3, -0.25) is 0 Å². The van der Waals surface area contributed by atoms with Gasteiger partial charge >= 0.3 is 0 Å². The third kappa shape index (κ3) is 2.32. The van der Waals surface area contributed by atoms with E-state index in [4.69, 9.17) is 10.7 Å². The zero-order valence-electron chi connectivity index (χ0n) is 15.4. The number of phenols is 1. The Bertz CT molecular complexity index is 985. The maximum atomic E-state index is 10.6. The highest BCUT2D eigenvalue weighted by Crippen LogP contribution is 2.57. The van der Waals surface area contributed by atoms with Gasteiger partial charge in [0.1, 0.15) is 5.75 Å². The SMILES string of the molecule is NC(=NC12CC3CC(CC(C3)C1)C2)Nc1c(O)cc2c3c(cccc13)C=C2. The van der Waals surface area contributed by atoms with Crippen LogP contribution in [0.4, 0.5) is 5.69 Å². The third-order valence-electron chi connectivity index (χ3n) is 7.26. The molecule has 7 rings (SSSR count). The number of anilines is 1. The summed E-state index contributed by atoms with van der Waals surface area (Å²) in [4.78, 5) is 5.03. The molecule has 5 aliphatic rings. The van der Waals surface area contributed by atoms with Crippen molar-refractivity contribution in [1.29, 1.82) is 0 Å². The van der Waals surface area contributed by atoms with E-state index in [1.165, 1.54) is 49.5 Å². The normalized spacial score (nSPS) is 33.2. The first-order valence-corrected chi connectivity index (χ1v) is 10.2. The van der Waals surface area contributed by atoms with Gasteiger partial charge in [0, 0.05) is 5.39 Å². The lowest BCUT2D eigenvalue weighted by atomic mass is 9.53. The van der Waals surface area contributed by atoms with E-state index in [-0.39, 0.29) is 11.3 Å². The molecule has 0 atom stereocenters. The van der Waals surface area contributed by atoms with Crippen molar-refractivity contribution in [2.75, 3.05) is 5.32 Å². The van der Waals surface area contributed by atoms with Gasteiger partial charge in [0.15, 0.2) is 5.96 Å². The summed E-state index contributed by atoms with van der Waals surface area (Å²) in [5.74, 6) is 3.18. The van der Waals surface area contributed by atoms with Crippen molar-refractivity contribution >= 4 is 34.6 Å². The molecule has 138 valence electrons. The molecule has 4 saturated carbocycles. The van der Waals surface area contributed by atoms with Crippen molar-refractivity contribution in [3.05, 3.63) is 35.4 Å². The Morgan fingerprint density at radius 2 is 1.70 bits per heavy atom. The quantitative estimate of drug-likeness (QED) is 0.352. The van der Waals surface area contributed by atoms with Gasteiger partial charge in [0.05, 0.1) is 11.2 Å². The highest BCUT2D eigenvalue weighted by Gasteiger charge is 2.51. The Balaban J connectivity index is 1.37. The maximum Gasteiger partial charge on any atom is 0.193 e. The maximum absolute atomic E-state index is 10.6. The lowest BCUT2D eigenvalue weighted by Crippen LogP contribution is -2.50. The van der Waals surface area contributed by atoms with Gasteiger partial charge in [-0.2, -0.15) is 0 Å². The number of rotatable bonds is 2. The molecule has 4 nitrogen and oxygen atoms in total. The Morgan fingerprint density at radius 1 is 1.04 bits per heavy atom. The second-order valence-electron chi connectivity index (χ2n) is 9.23. The number of hydrogen-bond acceptors (Lipinski definition) is 2. The first-order chi connectivity index (χ1) is 13.1. The molecule has 2 aromatic carbocycles. The molecule has 2 aromatic rings. The predicted molar refractivity (Wildman–Crippen MR) is 111 cm³/mol. The molecule has 0 aromatic heterocycles. The molecule has 4 fully saturated rings. The molecule has 5 aliphatic carbocycles. The number of guanidine groups is 1. The van der Waals surface area contributed by atoms with Crippen LogP contribution in [0.1, 0.15) is 49.7 Å². The van der Waals surface area contributed by atoms with E-state index in [0.717, 1.165) is 28.7 Å². The highest BCUT2D eigenvalue weighted by molar-refractivity contribution is 6.13. The number of hydrogen-bond donors (Lipinski definition) is 3. The molecule has 4 N–H and O–H groups in total. The molecule has 0 unspecified atom stereocenters. The topological polar surface area (TPSA) is 70.6 Å². The minimum Gasteiger partial charge on any atom is -0.506 e. The summed E-state index contributed by atoms with van der Waals surface area (Å²) in [7, 11) is 0. The molecule has 27 heavy (non-hydrogen) atoms. The molecular weight excluding hydrogens is 334 g/mol. The van der Waals surface area contributed by atoms with Crippen molar-refractivity contribution in [3.63, 3.8) is 0 Å². The summed E-state index contributed by atoms with van der Waals surface area (Å²) in [5, 5.41) is 16.0. The molecule has 0 aliphatic heterocycles. The van der Waals surface area contributed by atoms with Crippen LogP contribution in [0.5, 0.6) is 5.75 Å². The summed E-state index contributed by atoms with van der Waals surface area (Å²) in [5.41, 5.74) is 9.33. The molecule has 0 spiro atoms. The van der Waals surface area contributed by atoms with Crippen LogP contribution in [0.3, 0.4) is 0 Å². The van der Waals surface area contributed by atoms with Gasteiger partial charge in [-0.25, -0.2) is 4.99 Å². The zero-order valence-corrected chi connectivity index (χ0v) is 15.4. The molecule has 0 saturated heterocycles. The number of nitrogens with one attached hydrogen (secondary N) is 1. The number of aromatic hydroxyl groups is 1. The number of aliphatic imine (C=N–C) groups is 1. The molecule has 0 radical (unpaired) electrons. The fraction of sp³-hybridized carbons (Fsp3) is 0.435. The van der Waals surface area contributed by atoms with Gasteiger partial charge in [-0.05, 0) is 78.9 Å². The summed E-state index contributed by atoms with van der Waals surface area (Å²) >= 11 is 0. The van der Waals surface area contributed by atoms with E-state index in [9.17, 15) is 5.11 Å². The van der Waals surface area contributed by atoms with E-state index in [1.807, 2.05) is 24.3 Å². The van der Waals surface area contributed by atoms with Crippen molar-refractivity contribution in [2.45, 2.75) is 44.1 Å². The van der Waals surface area contributed by atoms with E-state index in [0.29, 0.717) is 11.6 Å². The Labute approximate surface area is 159 Å². The fourth-order valence-electron chi connectivity index (χ4n) is 6.72. The van der Waals surface area contributed by atoms with Crippen molar-refractivity contribution in [2.24, 2.45) is 28.5 Å². The molecule has 4 heteroatoms. The Kier molecular flexibility index (Phi) is 3.04. The third-order valence-corrected chi connectivity index (χ3v) is 7.26. The van der Waals surface area contributed by atoms with Crippen LogP contribution >= 0.6 is 0 Å². The number of nitrogens with zero attached hydrogens (tertiary/aromatic N) is 1. The summed E-state index contributed by atoms with van der Waals surface area (Å²) in [6.45, 7) is 0. The average Bonchev–Trinajstić information content (AvgIpc) is 3.01. The average molecular weight is 359 g/mol. The van der Waals surface area contributed by atoms with Gasteiger partial charge in [-0.1, -0.05) is 30.4 Å². The van der Waals surface area contributed by atoms with Gasteiger partial charge < -0.3 is 16.2 Å². The van der Waals surface area contributed by atoms with E-state index >= 15 is 0 Å². The van der Waals surface area contributed by atoms with E-state index in [1.54, 1.807) is 0 Å². The number of phenolic OH excluding ortho intramolecular Hbond substituents is 1. The van der Waals surface area contributed by atoms with Crippen LogP contribution < -0.4 is 11.1 Å². The lowest BCUT2D eigenvalue weighted by Gasteiger charge is -2.54. The first-order valence-electron chi connectivity index (χ1n) is 10.2. The first kappa shape index (κ1) is 15.6. The van der Waals surface area contributed by atoms with Gasteiger partial charge in [0.25, 0.3) is 0 Å². The molecule has 0 amide bonds. The minimum atomic E-state index is 0.0257. The van der Waals surface area contributed by atoms with Crippen molar-refractivity contribution in [1.82, 2.24) is 0 Å². The van der Waals surface area contributed by atoms with Crippen LogP contribution in [0.25, 0.3) is 22.9 Å². The van der Waals surface area contributed by atoms with Crippen LogP contribution in [0.15, 0.2) is 29.3 Å². The zero-order chi connectivity index (χ0) is 18.2. The molecule has 4 bridgehead atoms. The molecular formula is C23H25N3O. The smallest absolute Gasteiger partial charge is 0.193 e. The lowest BCUT2D eigenvalue weighted by molar-refractivity contribution is 0.00163. The monoisotopic (exact) mass is 359 g/mol.